The van der Waals surface area contributed by atoms with Gasteiger partial charge in [0, 0.05) is 24.6 Å². The second-order valence-electron chi connectivity index (χ2n) is 8.28. The smallest absolute Gasteiger partial charge is 0.418 e. The van der Waals surface area contributed by atoms with Crippen LogP contribution in [0, 0.1) is 0 Å². The molecule has 0 N–H and O–H groups in total. The van der Waals surface area contributed by atoms with Crippen LogP contribution in [0.1, 0.15) is 44.4 Å². The predicted molar refractivity (Wildman–Crippen MR) is 129 cm³/mol. The van der Waals surface area contributed by atoms with E-state index < -0.39 is 23.8 Å². The Bertz CT molecular complexity index is 1180. The average molecular weight is 506 g/mol. The monoisotopic (exact) mass is 505 g/mol. The van der Waals surface area contributed by atoms with Crippen LogP contribution in [0.15, 0.2) is 48.7 Å². The van der Waals surface area contributed by atoms with Crippen molar-refractivity contribution in [2.45, 2.75) is 59.1 Å². The molecule has 1 heterocycles. The maximum absolute atomic E-state index is 13.5. The van der Waals surface area contributed by atoms with E-state index >= 15 is 0 Å². The van der Waals surface area contributed by atoms with Crippen LogP contribution in [0.25, 0.3) is 10.9 Å². The molecule has 0 fully saturated rings. The summed E-state index contributed by atoms with van der Waals surface area (Å²) in [7, 11) is 0. The fourth-order valence-corrected chi connectivity index (χ4v) is 3.76. The summed E-state index contributed by atoms with van der Waals surface area (Å²) in [5.41, 5.74) is 0.214. The summed E-state index contributed by atoms with van der Waals surface area (Å²) in [6.45, 7) is 7.68. The average Bonchev–Trinajstić information content (AvgIpc) is 2.83. The van der Waals surface area contributed by atoms with Crippen molar-refractivity contribution in [3.63, 3.8) is 0 Å². The summed E-state index contributed by atoms with van der Waals surface area (Å²) in [5, 5.41) is 0.256. The number of nitrogens with zero attached hydrogens (tertiary/aromatic N) is 1. The highest BCUT2D eigenvalue weighted by molar-refractivity contribution is 5.89. The first-order valence-corrected chi connectivity index (χ1v) is 11.8. The summed E-state index contributed by atoms with van der Waals surface area (Å²) >= 11 is 0. The van der Waals surface area contributed by atoms with Crippen molar-refractivity contribution in [2.24, 2.45) is 0 Å². The molecule has 0 aliphatic rings. The van der Waals surface area contributed by atoms with Crippen LogP contribution in [-0.2, 0) is 33.5 Å². The van der Waals surface area contributed by atoms with E-state index in [1.165, 1.54) is 12.3 Å². The second-order valence-corrected chi connectivity index (χ2v) is 8.28. The number of rotatable bonds is 11. The maximum atomic E-state index is 13.5. The fraction of sp³-hybridized carbons (Fsp3) is 0.407. The number of carbonyl (C=O) groups is 1. The predicted octanol–water partition coefficient (Wildman–Crippen LogP) is 6.13. The number of para-hydroxylation sites is 2. The molecular weight excluding hydrogens is 475 g/mol. The Morgan fingerprint density at radius 2 is 1.75 bits per heavy atom. The van der Waals surface area contributed by atoms with E-state index in [4.69, 9.17) is 18.9 Å². The maximum Gasteiger partial charge on any atom is 0.418 e. The van der Waals surface area contributed by atoms with Crippen LogP contribution in [0.4, 0.5) is 13.2 Å². The summed E-state index contributed by atoms with van der Waals surface area (Å²) in [5.74, 6) is 0.337. The van der Waals surface area contributed by atoms with Crippen LogP contribution in [0.3, 0.4) is 0 Å². The van der Waals surface area contributed by atoms with E-state index in [9.17, 15) is 18.0 Å². The first-order chi connectivity index (χ1) is 17.2. The molecule has 1 aromatic heterocycles. The number of benzene rings is 2. The molecule has 194 valence electrons. The van der Waals surface area contributed by atoms with Crippen LogP contribution >= 0.6 is 0 Å². The van der Waals surface area contributed by atoms with Gasteiger partial charge in [0.05, 0.1) is 29.4 Å². The van der Waals surface area contributed by atoms with Gasteiger partial charge in [0.15, 0.2) is 6.10 Å². The van der Waals surface area contributed by atoms with Crippen molar-refractivity contribution in [1.82, 2.24) is 4.98 Å². The van der Waals surface area contributed by atoms with E-state index in [0.29, 0.717) is 17.9 Å². The van der Waals surface area contributed by atoms with E-state index in [1.54, 1.807) is 45.9 Å². The molecule has 0 radical (unpaired) electrons. The molecule has 6 nitrogen and oxygen atoms in total. The second kappa shape index (κ2) is 12.1. The molecule has 0 saturated heterocycles. The molecule has 0 aliphatic carbocycles. The Morgan fingerprint density at radius 1 is 1.00 bits per heavy atom. The molecule has 9 heteroatoms. The van der Waals surface area contributed by atoms with Gasteiger partial charge in [-0.2, -0.15) is 13.2 Å². The van der Waals surface area contributed by atoms with Gasteiger partial charge in [0.2, 0.25) is 0 Å². The van der Waals surface area contributed by atoms with E-state index in [-0.39, 0.29) is 42.4 Å². The van der Waals surface area contributed by atoms with Gasteiger partial charge in [0.25, 0.3) is 0 Å². The van der Waals surface area contributed by atoms with Crippen LogP contribution < -0.4 is 9.47 Å². The number of alkyl halides is 3. The summed E-state index contributed by atoms with van der Waals surface area (Å²) in [6.07, 6.45) is -4.03. The van der Waals surface area contributed by atoms with Gasteiger partial charge in [-0.25, -0.2) is 4.79 Å². The molecule has 1 atom stereocenters. The Morgan fingerprint density at radius 3 is 2.42 bits per heavy atom. The standard InChI is InChI=1S/C27H30F3NO5/c1-5-33-23(26(32)34-6-2)14-18-10-7-8-13-22(18)35-16-19-15-31-24-20(25(19)36-17(3)4)11-9-12-21(24)27(28,29)30/h7-13,15,17,23H,5-6,14,16H2,1-4H3. The molecular formula is C27H30F3NO5. The molecule has 3 rings (SSSR count). The highest BCUT2D eigenvalue weighted by Crippen LogP contribution is 2.38. The zero-order valence-corrected chi connectivity index (χ0v) is 20.7. The first kappa shape index (κ1) is 27.3. The highest BCUT2D eigenvalue weighted by atomic mass is 19.4. The SMILES string of the molecule is CCOC(=O)C(Cc1ccccc1OCc1cnc2c(C(F)(F)F)cccc2c1OC(C)C)OCC. The number of hydrogen-bond donors (Lipinski definition) is 0. The van der Waals surface area contributed by atoms with Gasteiger partial charge in [-0.1, -0.05) is 24.3 Å². The van der Waals surface area contributed by atoms with Gasteiger partial charge in [0.1, 0.15) is 18.1 Å². The van der Waals surface area contributed by atoms with Crippen LogP contribution in [0.2, 0.25) is 0 Å². The largest absolute Gasteiger partial charge is 0.490 e. The number of halogens is 3. The molecule has 36 heavy (non-hydrogen) atoms. The van der Waals surface area contributed by atoms with Crippen molar-refractivity contribution < 1.29 is 36.9 Å². The lowest BCUT2D eigenvalue weighted by atomic mass is 10.1. The summed E-state index contributed by atoms with van der Waals surface area (Å²) in [4.78, 5) is 16.4. The van der Waals surface area contributed by atoms with E-state index in [2.05, 4.69) is 4.98 Å². The molecule has 0 aliphatic heterocycles. The third-order valence-corrected chi connectivity index (χ3v) is 5.26. The quantitative estimate of drug-likeness (QED) is 0.292. The number of carbonyl (C=O) groups excluding carboxylic acids is 1. The number of aromatic nitrogens is 1. The Labute approximate surface area is 208 Å². The van der Waals surface area contributed by atoms with Crippen molar-refractivity contribution in [1.29, 1.82) is 0 Å². The van der Waals surface area contributed by atoms with Crippen molar-refractivity contribution in [2.75, 3.05) is 13.2 Å². The topological polar surface area (TPSA) is 66.9 Å². The van der Waals surface area contributed by atoms with Gasteiger partial charge in [-0.05, 0) is 51.5 Å². The molecule has 0 spiro atoms. The third-order valence-electron chi connectivity index (χ3n) is 5.26. The zero-order valence-electron chi connectivity index (χ0n) is 20.7. The van der Waals surface area contributed by atoms with Crippen molar-refractivity contribution in [3.05, 3.63) is 65.4 Å². The minimum atomic E-state index is -4.55. The first-order valence-electron chi connectivity index (χ1n) is 11.8. The minimum Gasteiger partial charge on any atom is -0.490 e. The molecule has 1 unspecified atom stereocenters. The van der Waals surface area contributed by atoms with Crippen molar-refractivity contribution in [3.8, 4) is 11.5 Å². The zero-order chi connectivity index (χ0) is 26.3. The minimum absolute atomic E-state index is 0.00302. The fourth-order valence-electron chi connectivity index (χ4n) is 3.76. The van der Waals surface area contributed by atoms with Gasteiger partial charge in [-0.15, -0.1) is 0 Å². The molecule has 2 aromatic carbocycles. The van der Waals surface area contributed by atoms with Gasteiger partial charge in [-0.3, -0.25) is 4.98 Å². The van der Waals surface area contributed by atoms with Crippen LogP contribution in [-0.4, -0.2) is 36.4 Å². The number of pyridine rings is 1. The summed E-state index contributed by atoms with van der Waals surface area (Å²) in [6, 6.07) is 11.1. The lowest BCUT2D eigenvalue weighted by Crippen LogP contribution is -2.29. The van der Waals surface area contributed by atoms with Crippen LogP contribution in [0.5, 0.6) is 11.5 Å². The Kier molecular flexibility index (Phi) is 9.14. The van der Waals surface area contributed by atoms with Gasteiger partial charge >= 0.3 is 12.1 Å². The normalized spacial score (nSPS) is 12.6. The molecule has 0 bridgehead atoms. The molecule has 0 saturated carbocycles. The highest BCUT2D eigenvalue weighted by Gasteiger charge is 2.34. The lowest BCUT2D eigenvalue weighted by Gasteiger charge is -2.20. The number of hydrogen-bond acceptors (Lipinski definition) is 6. The Balaban J connectivity index is 1.93. The molecule has 0 amide bonds. The number of ether oxygens (including phenoxy) is 4. The van der Waals surface area contributed by atoms with Gasteiger partial charge < -0.3 is 18.9 Å². The van der Waals surface area contributed by atoms with E-state index in [0.717, 1.165) is 11.6 Å². The number of fused-ring (bicyclic) bond motifs is 1. The van der Waals surface area contributed by atoms with E-state index in [1.807, 2.05) is 12.1 Å². The summed E-state index contributed by atoms with van der Waals surface area (Å²) < 4.78 is 63.3. The molecule has 3 aromatic rings. The lowest BCUT2D eigenvalue weighted by molar-refractivity contribution is -0.156. The number of esters is 1. The van der Waals surface area contributed by atoms with Crippen molar-refractivity contribution >= 4 is 16.9 Å². The third kappa shape index (κ3) is 6.66. The Hall–Kier alpha value is -3.33.